The highest BCUT2D eigenvalue weighted by Gasteiger charge is 2.32. The first-order chi connectivity index (χ1) is 7.99. The summed E-state index contributed by atoms with van der Waals surface area (Å²) in [6.45, 7) is 0. The normalized spacial score (nSPS) is 20.4. The second-order valence-corrected chi connectivity index (χ2v) is 4.31. The Hall–Kier alpha value is -1.30. The lowest BCUT2D eigenvalue weighted by Gasteiger charge is -2.28. The number of urea groups is 1. The van der Waals surface area contributed by atoms with Gasteiger partial charge in [-0.3, -0.25) is 4.79 Å². The van der Waals surface area contributed by atoms with Crippen molar-refractivity contribution >= 4 is 40.8 Å². The fourth-order valence-corrected chi connectivity index (χ4v) is 1.81. The van der Waals surface area contributed by atoms with E-state index in [0.29, 0.717) is 10.7 Å². The van der Waals surface area contributed by atoms with Crippen LogP contribution in [0.2, 0.25) is 10.0 Å². The fraction of sp³-hybridized carbons (Fsp3) is 0.200. The van der Waals surface area contributed by atoms with Crippen LogP contribution < -0.4 is 10.2 Å². The highest BCUT2D eigenvalue weighted by molar-refractivity contribution is 6.42. The zero-order chi connectivity index (χ0) is 12.6. The molecule has 7 heteroatoms. The Morgan fingerprint density at radius 1 is 1.29 bits per heavy atom. The second kappa shape index (κ2) is 4.52. The van der Waals surface area contributed by atoms with Crippen molar-refractivity contribution in [1.29, 1.82) is 0 Å². The van der Waals surface area contributed by atoms with E-state index in [1.54, 1.807) is 0 Å². The number of imide groups is 1. The summed E-state index contributed by atoms with van der Waals surface area (Å²) in [6.07, 6.45) is -1.32. The second-order valence-electron chi connectivity index (χ2n) is 3.50. The van der Waals surface area contributed by atoms with E-state index in [4.69, 9.17) is 23.2 Å². The molecule has 0 bridgehead atoms. The molecule has 1 fully saturated rings. The quantitative estimate of drug-likeness (QED) is 0.820. The van der Waals surface area contributed by atoms with Crippen molar-refractivity contribution in [3.63, 3.8) is 0 Å². The Morgan fingerprint density at radius 3 is 2.59 bits per heavy atom. The maximum absolute atomic E-state index is 11.6. The maximum atomic E-state index is 11.6. The standard InChI is InChI=1S/C10H8Cl2N2O3/c11-6-2-1-5(3-7(6)12)14-9(16)4-8(15)13-10(14)17/h1-3,8,15H,4H2,(H,13,17). The molecule has 1 aliphatic rings. The molecule has 1 atom stereocenters. The smallest absolute Gasteiger partial charge is 0.330 e. The molecule has 5 nitrogen and oxygen atoms in total. The third-order valence-electron chi connectivity index (χ3n) is 2.27. The number of benzene rings is 1. The van der Waals surface area contributed by atoms with E-state index in [-0.39, 0.29) is 11.4 Å². The number of halogens is 2. The number of aliphatic hydroxyl groups excluding tert-OH is 1. The van der Waals surface area contributed by atoms with Gasteiger partial charge in [0.1, 0.15) is 6.23 Å². The van der Waals surface area contributed by atoms with Crippen LogP contribution >= 0.6 is 23.2 Å². The van der Waals surface area contributed by atoms with Crippen LogP contribution in [0, 0.1) is 0 Å². The first-order valence-electron chi connectivity index (χ1n) is 4.75. The number of nitrogens with zero attached hydrogens (tertiary/aromatic N) is 1. The minimum atomic E-state index is -1.14. The Balaban J connectivity index is 2.35. The zero-order valence-electron chi connectivity index (χ0n) is 8.48. The summed E-state index contributed by atoms with van der Waals surface area (Å²) in [6, 6.07) is 3.72. The number of nitrogens with one attached hydrogen (secondary N) is 1. The van der Waals surface area contributed by atoms with Gasteiger partial charge in [0.05, 0.1) is 22.2 Å². The topological polar surface area (TPSA) is 69.6 Å². The number of aliphatic hydroxyl groups is 1. The monoisotopic (exact) mass is 274 g/mol. The summed E-state index contributed by atoms with van der Waals surface area (Å²) in [5.74, 6) is -0.500. The van der Waals surface area contributed by atoms with Crippen molar-refractivity contribution in [2.75, 3.05) is 4.90 Å². The molecule has 1 aromatic carbocycles. The van der Waals surface area contributed by atoms with Gasteiger partial charge in [0, 0.05) is 0 Å². The molecule has 17 heavy (non-hydrogen) atoms. The fourth-order valence-electron chi connectivity index (χ4n) is 1.51. The van der Waals surface area contributed by atoms with Gasteiger partial charge in [0.15, 0.2) is 0 Å². The summed E-state index contributed by atoms with van der Waals surface area (Å²) in [5, 5.41) is 12.0. The maximum Gasteiger partial charge on any atom is 0.330 e. The average molecular weight is 275 g/mol. The van der Waals surface area contributed by atoms with Gasteiger partial charge in [-0.1, -0.05) is 23.2 Å². The number of anilines is 1. The number of hydrogen-bond donors (Lipinski definition) is 2. The predicted octanol–water partition coefficient (Wildman–Crippen LogP) is 1.76. The molecule has 1 aliphatic heterocycles. The molecule has 90 valence electrons. The van der Waals surface area contributed by atoms with E-state index in [2.05, 4.69) is 5.32 Å². The van der Waals surface area contributed by atoms with Gasteiger partial charge in [0.2, 0.25) is 5.91 Å². The van der Waals surface area contributed by atoms with Crippen LogP contribution in [0.3, 0.4) is 0 Å². The van der Waals surface area contributed by atoms with Crippen molar-refractivity contribution in [1.82, 2.24) is 5.32 Å². The molecule has 0 aliphatic carbocycles. The van der Waals surface area contributed by atoms with E-state index in [1.807, 2.05) is 0 Å². The Labute approximate surface area is 107 Å². The molecule has 2 N–H and O–H groups in total. The highest BCUT2D eigenvalue weighted by Crippen LogP contribution is 2.28. The van der Waals surface area contributed by atoms with Crippen molar-refractivity contribution in [2.24, 2.45) is 0 Å². The number of amides is 3. The third-order valence-corrected chi connectivity index (χ3v) is 3.01. The molecule has 0 saturated carbocycles. The Kier molecular flexibility index (Phi) is 3.24. The van der Waals surface area contributed by atoms with Crippen LogP contribution in [0.25, 0.3) is 0 Å². The number of hydrogen-bond acceptors (Lipinski definition) is 3. The third kappa shape index (κ3) is 2.36. The van der Waals surface area contributed by atoms with Gasteiger partial charge in [-0.2, -0.15) is 0 Å². The molecule has 0 aromatic heterocycles. The predicted molar refractivity (Wildman–Crippen MR) is 63.1 cm³/mol. The number of rotatable bonds is 1. The van der Waals surface area contributed by atoms with E-state index in [1.165, 1.54) is 18.2 Å². The van der Waals surface area contributed by atoms with Crippen LogP contribution in [0.15, 0.2) is 18.2 Å². The summed E-state index contributed by atoms with van der Waals surface area (Å²) in [4.78, 5) is 24.1. The first kappa shape index (κ1) is 12.2. The lowest BCUT2D eigenvalue weighted by Crippen LogP contribution is -2.54. The lowest BCUT2D eigenvalue weighted by atomic mass is 10.2. The van der Waals surface area contributed by atoms with Gasteiger partial charge >= 0.3 is 6.03 Å². The van der Waals surface area contributed by atoms with Gasteiger partial charge in [0.25, 0.3) is 0 Å². The minimum Gasteiger partial charge on any atom is -0.373 e. The lowest BCUT2D eigenvalue weighted by molar-refractivity contribution is -0.121. The zero-order valence-corrected chi connectivity index (χ0v) is 10.00. The highest BCUT2D eigenvalue weighted by atomic mass is 35.5. The van der Waals surface area contributed by atoms with Crippen molar-refractivity contribution in [3.8, 4) is 0 Å². The SMILES string of the molecule is O=C1CC(O)NC(=O)N1c1ccc(Cl)c(Cl)c1. The van der Waals surface area contributed by atoms with E-state index in [0.717, 1.165) is 4.90 Å². The molecule has 3 amide bonds. The molecule has 0 radical (unpaired) electrons. The average Bonchev–Trinajstić information content (AvgIpc) is 2.21. The van der Waals surface area contributed by atoms with Crippen molar-refractivity contribution in [2.45, 2.75) is 12.6 Å². The number of carbonyl (C=O) groups excluding carboxylic acids is 2. The van der Waals surface area contributed by atoms with Gasteiger partial charge in [-0.25, -0.2) is 9.69 Å². The van der Waals surface area contributed by atoms with Crippen molar-refractivity contribution in [3.05, 3.63) is 28.2 Å². The summed E-state index contributed by atoms with van der Waals surface area (Å²) in [7, 11) is 0. The van der Waals surface area contributed by atoms with Crippen LogP contribution in [0.1, 0.15) is 6.42 Å². The van der Waals surface area contributed by atoms with Gasteiger partial charge in [-0.15, -0.1) is 0 Å². The van der Waals surface area contributed by atoms with Crippen LogP contribution in [-0.2, 0) is 4.79 Å². The van der Waals surface area contributed by atoms with Gasteiger partial charge < -0.3 is 10.4 Å². The first-order valence-corrected chi connectivity index (χ1v) is 5.51. The minimum absolute atomic E-state index is 0.175. The largest absolute Gasteiger partial charge is 0.373 e. The number of carbonyl (C=O) groups is 2. The summed E-state index contributed by atoms with van der Waals surface area (Å²) < 4.78 is 0. The van der Waals surface area contributed by atoms with E-state index in [9.17, 15) is 14.7 Å². The molecule has 1 heterocycles. The van der Waals surface area contributed by atoms with E-state index >= 15 is 0 Å². The van der Waals surface area contributed by atoms with Crippen LogP contribution in [0.5, 0.6) is 0 Å². The molecular formula is C10H8Cl2N2O3. The molecule has 0 spiro atoms. The molecule has 1 aromatic rings. The summed E-state index contributed by atoms with van der Waals surface area (Å²) >= 11 is 11.5. The van der Waals surface area contributed by atoms with Gasteiger partial charge in [-0.05, 0) is 18.2 Å². The Bertz CT molecular complexity index is 474. The molecule has 2 rings (SSSR count). The molecular weight excluding hydrogens is 267 g/mol. The van der Waals surface area contributed by atoms with E-state index < -0.39 is 18.2 Å². The molecule has 1 saturated heterocycles. The van der Waals surface area contributed by atoms with Crippen LogP contribution in [0.4, 0.5) is 10.5 Å². The van der Waals surface area contributed by atoms with Crippen LogP contribution in [-0.4, -0.2) is 23.3 Å². The van der Waals surface area contributed by atoms with Crippen molar-refractivity contribution < 1.29 is 14.7 Å². The Morgan fingerprint density at radius 2 is 2.00 bits per heavy atom. The summed E-state index contributed by atoms with van der Waals surface area (Å²) in [5.41, 5.74) is 0.314. The molecule has 1 unspecified atom stereocenters.